The molecular weight excluding hydrogens is 264 g/mol. The van der Waals surface area contributed by atoms with Crippen molar-refractivity contribution >= 4 is 5.91 Å². The van der Waals surface area contributed by atoms with E-state index < -0.39 is 0 Å². The average Bonchev–Trinajstić information content (AvgIpc) is 2.77. The lowest BCUT2D eigenvalue weighted by Crippen LogP contribution is -2.50. The van der Waals surface area contributed by atoms with Crippen LogP contribution < -0.4 is 10.5 Å². The van der Waals surface area contributed by atoms with Gasteiger partial charge in [0.2, 0.25) is 5.91 Å². The molecule has 1 amide bonds. The minimum atomic E-state index is 0.285. The number of nitrogens with zero attached hydrogens (tertiary/aromatic N) is 1. The van der Waals surface area contributed by atoms with Crippen molar-refractivity contribution < 1.29 is 9.53 Å². The molecule has 1 aromatic carbocycles. The monoisotopic (exact) mass is 288 g/mol. The zero-order valence-corrected chi connectivity index (χ0v) is 12.6. The quantitative estimate of drug-likeness (QED) is 0.923. The fourth-order valence-corrected chi connectivity index (χ4v) is 3.80. The van der Waals surface area contributed by atoms with Crippen LogP contribution in [-0.4, -0.2) is 36.0 Å². The Hall–Kier alpha value is -1.55. The van der Waals surface area contributed by atoms with Crippen LogP contribution in [0.25, 0.3) is 0 Å². The van der Waals surface area contributed by atoms with Crippen molar-refractivity contribution in [2.45, 2.75) is 56.7 Å². The van der Waals surface area contributed by atoms with Gasteiger partial charge in [-0.1, -0.05) is 12.1 Å². The largest absolute Gasteiger partial charge is 0.497 e. The first kappa shape index (κ1) is 14.4. The molecule has 0 aliphatic carbocycles. The minimum absolute atomic E-state index is 0.285. The second-order valence-corrected chi connectivity index (χ2v) is 6.27. The molecule has 4 heteroatoms. The molecule has 2 N–H and O–H groups in total. The van der Waals surface area contributed by atoms with Crippen LogP contribution in [0, 0.1) is 0 Å². The van der Waals surface area contributed by atoms with Crippen LogP contribution in [0.4, 0.5) is 0 Å². The van der Waals surface area contributed by atoms with Crippen LogP contribution in [0.1, 0.15) is 37.7 Å². The van der Waals surface area contributed by atoms with Crippen molar-refractivity contribution in [2.24, 2.45) is 5.73 Å². The summed E-state index contributed by atoms with van der Waals surface area (Å²) in [6.07, 6.45) is 5.61. The zero-order valence-electron chi connectivity index (χ0n) is 12.6. The standard InChI is InChI=1S/C17H24N2O2/c1-21-16-7-2-12(3-8-16)4-9-17(20)19-14-5-6-15(19)11-13(18)10-14/h2-3,7-8,13-15H,4-6,9-11,18H2,1H3. The molecular formula is C17H24N2O2. The molecule has 21 heavy (non-hydrogen) atoms. The van der Waals surface area contributed by atoms with Gasteiger partial charge >= 0.3 is 0 Å². The van der Waals surface area contributed by atoms with Crippen LogP contribution in [0.2, 0.25) is 0 Å². The molecule has 0 radical (unpaired) electrons. The Kier molecular flexibility index (Phi) is 4.15. The van der Waals surface area contributed by atoms with E-state index in [9.17, 15) is 4.79 Å². The molecule has 0 aromatic heterocycles. The average molecular weight is 288 g/mol. The van der Waals surface area contributed by atoms with Crippen molar-refractivity contribution in [1.29, 1.82) is 0 Å². The number of amides is 1. The van der Waals surface area contributed by atoms with E-state index in [4.69, 9.17) is 10.5 Å². The highest BCUT2D eigenvalue weighted by Crippen LogP contribution is 2.35. The van der Waals surface area contributed by atoms with Gasteiger partial charge in [0.15, 0.2) is 0 Å². The van der Waals surface area contributed by atoms with Crippen molar-refractivity contribution in [1.82, 2.24) is 4.90 Å². The second-order valence-electron chi connectivity index (χ2n) is 6.27. The number of benzene rings is 1. The van der Waals surface area contributed by atoms with E-state index in [1.807, 2.05) is 24.3 Å². The zero-order chi connectivity index (χ0) is 14.8. The van der Waals surface area contributed by atoms with Crippen molar-refractivity contribution in [2.75, 3.05) is 7.11 Å². The summed E-state index contributed by atoms with van der Waals surface area (Å²) < 4.78 is 5.15. The topological polar surface area (TPSA) is 55.6 Å². The van der Waals surface area contributed by atoms with E-state index in [2.05, 4.69) is 4.90 Å². The Labute approximate surface area is 126 Å². The van der Waals surface area contributed by atoms with Gasteiger partial charge in [0, 0.05) is 24.5 Å². The first-order chi connectivity index (χ1) is 10.2. The molecule has 1 aromatic rings. The van der Waals surface area contributed by atoms with Crippen molar-refractivity contribution in [3.8, 4) is 5.75 Å². The molecule has 2 aliphatic rings. The number of aryl methyl sites for hydroxylation is 1. The molecule has 2 atom stereocenters. The molecule has 4 nitrogen and oxygen atoms in total. The SMILES string of the molecule is COc1ccc(CCC(=O)N2C3CCC2CC(N)C3)cc1. The summed E-state index contributed by atoms with van der Waals surface area (Å²) in [7, 11) is 1.66. The molecule has 2 fully saturated rings. The number of carbonyl (C=O) groups excluding carboxylic acids is 1. The van der Waals surface area contributed by atoms with Crippen LogP contribution in [0.5, 0.6) is 5.75 Å². The second kappa shape index (κ2) is 6.06. The molecule has 3 rings (SSSR count). The lowest BCUT2D eigenvalue weighted by molar-refractivity contribution is -0.135. The van der Waals surface area contributed by atoms with Crippen molar-refractivity contribution in [3.05, 3.63) is 29.8 Å². The van der Waals surface area contributed by atoms with E-state index in [0.717, 1.165) is 37.9 Å². The Morgan fingerprint density at radius 1 is 1.24 bits per heavy atom. The number of rotatable bonds is 4. The van der Waals surface area contributed by atoms with Gasteiger partial charge in [0.05, 0.1) is 7.11 Å². The Bertz CT molecular complexity index is 486. The van der Waals surface area contributed by atoms with Gasteiger partial charge in [-0.15, -0.1) is 0 Å². The van der Waals surface area contributed by atoms with Gasteiger partial charge in [-0.2, -0.15) is 0 Å². The van der Waals surface area contributed by atoms with Crippen LogP contribution in [0.3, 0.4) is 0 Å². The fourth-order valence-electron chi connectivity index (χ4n) is 3.80. The number of piperidine rings is 1. The lowest BCUT2D eigenvalue weighted by Gasteiger charge is -2.37. The summed E-state index contributed by atoms with van der Waals surface area (Å²) >= 11 is 0. The molecule has 2 heterocycles. The van der Waals surface area contributed by atoms with E-state index in [1.54, 1.807) is 7.11 Å². The highest BCUT2D eigenvalue weighted by atomic mass is 16.5. The summed E-state index contributed by atoms with van der Waals surface area (Å²) in [5.74, 6) is 1.15. The Balaban J connectivity index is 1.57. The smallest absolute Gasteiger partial charge is 0.223 e. The van der Waals surface area contributed by atoms with Gasteiger partial charge in [0.25, 0.3) is 0 Å². The number of carbonyl (C=O) groups is 1. The molecule has 0 spiro atoms. The number of methoxy groups -OCH3 is 1. The first-order valence-electron chi connectivity index (χ1n) is 7.87. The number of fused-ring (bicyclic) bond motifs is 2. The third-order valence-corrected chi connectivity index (χ3v) is 4.84. The van der Waals surface area contributed by atoms with E-state index in [1.165, 1.54) is 5.56 Å². The van der Waals surface area contributed by atoms with Gasteiger partial charge < -0.3 is 15.4 Å². The molecule has 2 saturated heterocycles. The summed E-state index contributed by atoms with van der Waals surface area (Å²) in [6, 6.07) is 9.03. The summed E-state index contributed by atoms with van der Waals surface area (Å²) in [6.45, 7) is 0. The molecule has 2 bridgehead atoms. The first-order valence-corrected chi connectivity index (χ1v) is 7.87. The van der Waals surface area contributed by atoms with E-state index in [0.29, 0.717) is 24.4 Å². The van der Waals surface area contributed by atoms with Gasteiger partial charge in [-0.25, -0.2) is 0 Å². The normalized spacial score (nSPS) is 27.7. The Morgan fingerprint density at radius 2 is 1.86 bits per heavy atom. The van der Waals surface area contributed by atoms with E-state index >= 15 is 0 Å². The number of hydrogen-bond acceptors (Lipinski definition) is 3. The third-order valence-electron chi connectivity index (χ3n) is 4.84. The van der Waals surface area contributed by atoms with E-state index in [-0.39, 0.29) is 6.04 Å². The van der Waals surface area contributed by atoms with Gasteiger partial charge in [-0.05, 0) is 49.8 Å². The number of ether oxygens (including phenoxy) is 1. The summed E-state index contributed by atoms with van der Waals surface area (Å²) in [4.78, 5) is 14.7. The molecule has 2 unspecified atom stereocenters. The van der Waals surface area contributed by atoms with Crippen LogP contribution in [-0.2, 0) is 11.2 Å². The predicted octanol–water partition coefficient (Wildman–Crippen LogP) is 2.11. The number of hydrogen-bond donors (Lipinski definition) is 1. The molecule has 114 valence electrons. The minimum Gasteiger partial charge on any atom is -0.497 e. The lowest BCUT2D eigenvalue weighted by atomic mass is 9.97. The highest BCUT2D eigenvalue weighted by molar-refractivity contribution is 5.77. The molecule has 0 saturated carbocycles. The summed E-state index contributed by atoms with van der Waals surface area (Å²) in [5, 5.41) is 0. The highest BCUT2D eigenvalue weighted by Gasteiger charge is 2.41. The van der Waals surface area contributed by atoms with Crippen LogP contribution in [0.15, 0.2) is 24.3 Å². The summed E-state index contributed by atoms with van der Waals surface area (Å²) in [5.41, 5.74) is 7.25. The van der Waals surface area contributed by atoms with Gasteiger partial charge in [0.1, 0.15) is 5.75 Å². The maximum absolute atomic E-state index is 12.5. The Morgan fingerprint density at radius 3 is 2.43 bits per heavy atom. The van der Waals surface area contributed by atoms with Crippen molar-refractivity contribution in [3.63, 3.8) is 0 Å². The predicted molar refractivity (Wildman–Crippen MR) is 82.2 cm³/mol. The van der Waals surface area contributed by atoms with Gasteiger partial charge in [-0.3, -0.25) is 4.79 Å². The maximum Gasteiger partial charge on any atom is 0.223 e. The molecule has 2 aliphatic heterocycles. The fraction of sp³-hybridized carbons (Fsp3) is 0.588. The number of nitrogens with two attached hydrogens (primary N) is 1. The third kappa shape index (κ3) is 3.05. The maximum atomic E-state index is 12.5. The van der Waals surface area contributed by atoms with Crippen LogP contribution >= 0.6 is 0 Å².